The van der Waals surface area contributed by atoms with Crippen LogP contribution < -0.4 is 10.1 Å². The molecule has 2 saturated heterocycles. The first-order valence-electron chi connectivity index (χ1n) is 17.7. The minimum absolute atomic E-state index is 0.0638. The second-order valence-corrected chi connectivity index (χ2v) is 13.9. The van der Waals surface area contributed by atoms with Crippen LogP contribution >= 0.6 is 11.6 Å². The van der Waals surface area contributed by atoms with Gasteiger partial charge in [0.25, 0.3) is 5.91 Å². The van der Waals surface area contributed by atoms with E-state index >= 15 is 0 Å². The van der Waals surface area contributed by atoms with Gasteiger partial charge in [-0.05, 0) is 82.0 Å². The Morgan fingerprint density at radius 3 is 2.31 bits per heavy atom. The molecular weight excluding hydrogens is 706 g/mol. The standard InChI is InChI=1S/C39H41ClF6N4O2/c1-2-20-52-33-23-32-29(22-31(33)40)34(37(51)48-36(39(44,45)46)25-10-5-3-6-11-25)30(35(47-32)26-12-9-13-27(21-26)38(41,42)43)24-49-18-14-28(15-19-49)50-16-7-4-8-17-50/h3,5-6,9-13,21-23,28,36H,2,4,7-8,14-20,24H2,1H3,(H,48,51). The molecule has 278 valence electrons. The van der Waals surface area contributed by atoms with Crippen LogP contribution in [0.4, 0.5) is 26.3 Å². The smallest absolute Gasteiger partial charge is 0.416 e. The number of likely N-dealkylation sites (tertiary alicyclic amines) is 2. The van der Waals surface area contributed by atoms with Gasteiger partial charge in [-0.15, -0.1) is 0 Å². The molecule has 1 aromatic heterocycles. The molecule has 6 nitrogen and oxygen atoms in total. The van der Waals surface area contributed by atoms with Gasteiger partial charge in [0.1, 0.15) is 5.75 Å². The number of rotatable bonds is 10. The molecule has 0 bridgehead atoms. The van der Waals surface area contributed by atoms with E-state index < -0.39 is 29.9 Å². The lowest BCUT2D eigenvalue weighted by Gasteiger charge is -2.40. The zero-order valence-electron chi connectivity index (χ0n) is 28.8. The second kappa shape index (κ2) is 16.0. The maximum atomic E-state index is 14.6. The van der Waals surface area contributed by atoms with Crippen molar-refractivity contribution >= 4 is 28.4 Å². The zero-order chi connectivity index (χ0) is 37.0. The third kappa shape index (κ3) is 8.66. The molecule has 0 radical (unpaired) electrons. The fraction of sp³-hybridized carbons (Fsp3) is 0.436. The van der Waals surface area contributed by atoms with E-state index in [1.807, 2.05) is 6.92 Å². The lowest BCUT2D eigenvalue weighted by Crippen LogP contribution is -2.46. The highest BCUT2D eigenvalue weighted by molar-refractivity contribution is 6.33. The summed E-state index contributed by atoms with van der Waals surface area (Å²) in [5.41, 5.74) is -0.731. The Balaban J connectivity index is 1.51. The lowest BCUT2D eigenvalue weighted by molar-refractivity contribution is -0.155. The third-order valence-corrected chi connectivity index (χ3v) is 10.2. The number of nitrogens with one attached hydrogen (secondary N) is 1. The van der Waals surface area contributed by atoms with Crippen LogP contribution in [0.15, 0.2) is 66.7 Å². The van der Waals surface area contributed by atoms with Gasteiger partial charge in [-0.3, -0.25) is 9.69 Å². The molecular formula is C39H41ClF6N4O2. The van der Waals surface area contributed by atoms with E-state index in [1.165, 1.54) is 55.0 Å². The van der Waals surface area contributed by atoms with Gasteiger partial charge in [0.2, 0.25) is 0 Å². The molecule has 1 N–H and O–H groups in total. The molecule has 1 atom stereocenters. The van der Waals surface area contributed by atoms with E-state index in [0.717, 1.165) is 50.9 Å². The Kier molecular flexibility index (Phi) is 11.7. The minimum Gasteiger partial charge on any atom is -0.492 e. The van der Waals surface area contributed by atoms with Crippen molar-refractivity contribution < 1.29 is 35.9 Å². The number of fused-ring (bicyclic) bond motifs is 1. The van der Waals surface area contributed by atoms with Crippen LogP contribution in [0.3, 0.4) is 0 Å². The van der Waals surface area contributed by atoms with Gasteiger partial charge < -0.3 is 15.0 Å². The first-order valence-corrected chi connectivity index (χ1v) is 18.1. The highest BCUT2D eigenvalue weighted by Crippen LogP contribution is 2.40. The van der Waals surface area contributed by atoms with Crippen molar-refractivity contribution in [2.24, 2.45) is 0 Å². The van der Waals surface area contributed by atoms with E-state index in [9.17, 15) is 31.1 Å². The Labute approximate surface area is 304 Å². The number of piperidine rings is 2. The van der Waals surface area contributed by atoms with Gasteiger partial charge in [-0.1, -0.05) is 67.4 Å². The van der Waals surface area contributed by atoms with E-state index in [1.54, 1.807) is 6.07 Å². The Morgan fingerprint density at radius 2 is 1.65 bits per heavy atom. The number of halogens is 7. The minimum atomic E-state index is -4.86. The summed E-state index contributed by atoms with van der Waals surface area (Å²) in [6.07, 6.45) is -3.69. The van der Waals surface area contributed by atoms with Crippen molar-refractivity contribution in [3.63, 3.8) is 0 Å². The SMILES string of the molecule is CCCOc1cc2nc(-c3cccc(C(F)(F)F)c3)c(CN3CCC(N4CCCCC4)CC3)c(C(=O)NC(c3ccccc3)C(F)(F)F)c2cc1Cl. The van der Waals surface area contributed by atoms with Crippen LogP contribution in [0.25, 0.3) is 22.2 Å². The van der Waals surface area contributed by atoms with Gasteiger partial charge in [0.15, 0.2) is 6.04 Å². The topological polar surface area (TPSA) is 57.7 Å². The van der Waals surface area contributed by atoms with Crippen LogP contribution in [-0.4, -0.2) is 65.7 Å². The number of pyridine rings is 1. The Morgan fingerprint density at radius 1 is 0.942 bits per heavy atom. The van der Waals surface area contributed by atoms with Crippen molar-refractivity contribution in [2.45, 2.75) is 76.4 Å². The molecule has 2 aliphatic rings. The molecule has 0 saturated carbocycles. The summed E-state index contributed by atoms with van der Waals surface area (Å²) in [5, 5.41) is 2.50. The molecule has 6 rings (SSSR count). The summed E-state index contributed by atoms with van der Waals surface area (Å²) < 4.78 is 91.7. The number of amides is 1. The van der Waals surface area contributed by atoms with Gasteiger partial charge in [0.05, 0.1) is 34.0 Å². The lowest BCUT2D eigenvalue weighted by atomic mass is 9.93. The number of nitrogens with zero attached hydrogens (tertiary/aromatic N) is 3. The molecule has 2 fully saturated rings. The number of aromatic nitrogens is 1. The quantitative estimate of drug-likeness (QED) is 0.164. The number of alkyl halides is 6. The first kappa shape index (κ1) is 37.9. The molecule has 0 spiro atoms. The Hall–Kier alpha value is -3.87. The van der Waals surface area contributed by atoms with Crippen molar-refractivity contribution in [3.05, 3.63) is 94.0 Å². The van der Waals surface area contributed by atoms with Crippen LogP contribution in [0.1, 0.15) is 78.5 Å². The fourth-order valence-electron chi connectivity index (χ4n) is 7.27. The van der Waals surface area contributed by atoms with Crippen molar-refractivity contribution in [3.8, 4) is 17.0 Å². The molecule has 4 aromatic rings. The van der Waals surface area contributed by atoms with E-state index in [-0.39, 0.29) is 56.2 Å². The molecule has 2 aliphatic heterocycles. The number of carbonyl (C=O) groups excluding carboxylic acids is 1. The largest absolute Gasteiger partial charge is 0.492 e. The zero-order valence-corrected chi connectivity index (χ0v) is 29.6. The summed E-state index contributed by atoms with van der Waals surface area (Å²) in [5.74, 6) is -0.821. The number of hydrogen-bond acceptors (Lipinski definition) is 5. The first-order chi connectivity index (χ1) is 24.8. The highest BCUT2D eigenvalue weighted by Gasteiger charge is 2.43. The monoisotopic (exact) mass is 746 g/mol. The normalized spacial score (nSPS) is 17.3. The number of hydrogen-bond donors (Lipinski definition) is 1. The van der Waals surface area contributed by atoms with Crippen LogP contribution in [0.2, 0.25) is 5.02 Å². The van der Waals surface area contributed by atoms with E-state index in [0.29, 0.717) is 32.2 Å². The summed E-state index contributed by atoms with van der Waals surface area (Å²) in [6, 6.07) is 12.6. The summed E-state index contributed by atoms with van der Waals surface area (Å²) in [6.45, 7) is 5.59. The number of ether oxygens (including phenoxy) is 1. The average molecular weight is 747 g/mol. The molecule has 52 heavy (non-hydrogen) atoms. The van der Waals surface area contributed by atoms with Crippen molar-refractivity contribution in [1.29, 1.82) is 0 Å². The third-order valence-electron chi connectivity index (χ3n) is 9.87. The maximum absolute atomic E-state index is 14.6. The fourth-order valence-corrected chi connectivity index (χ4v) is 7.49. The van der Waals surface area contributed by atoms with Crippen LogP contribution in [0, 0.1) is 0 Å². The average Bonchev–Trinajstić information content (AvgIpc) is 3.13. The molecule has 1 amide bonds. The highest BCUT2D eigenvalue weighted by atomic mass is 35.5. The summed E-state index contributed by atoms with van der Waals surface area (Å²) >= 11 is 6.65. The van der Waals surface area contributed by atoms with Gasteiger partial charge >= 0.3 is 12.4 Å². The van der Waals surface area contributed by atoms with E-state index in [4.69, 9.17) is 21.3 Å². The predicted molar refractivity (Wildman–Crippen MR) is 189 cm³/mol. The molecule has 3 heterocycles. The summed E-state index contributed by atoms with van der Waals surface area (Å²) in [4.78, 5) is 23.9. The molecule has 1 unspecified atom stereocenters. The Bertz CT molecular complexity index is 1860. The number of carbonyl (C=O) groups is 1. The van der Waals surface area contributed by atoms with Crippen LogP contribution in [-0.2, 0) is 12.7 Å². The number of benzene rings is 3. The van der Waals surface area contributed by atoms with Gasteiger partial charge in [-0.2, -0.15) is 26.3 Å². The van der Waals surface area contributed by atoms with Gasteiger partial charge in [0, 0.05) is 35.2 Å². The molecule has 13 heteroatoms. The maximum Gasteiger partial charge on any atom is 0.416 e. The van der Waals surface area contributed by atoms with E-state index in [2.05, 4.69) is 15.1 Å². The molecule has 0 aliphatic carbocycles. The predicted octanol–water partition coefficient (Wildman–Crippen LogP) is 9.85. The van der Waals surface area contributed by atoms with Gasteiger partial charge in [-0.25, -0.2) is 4.98 Å². The summed E-state index contributed by atoms with van der Waals surface area (Å²) in [7, 11) is 0. The molecule has 3 aromatic carbocycles. The van der Waals surface area contributed by atoms with Crippen molar-refractivity contribution in [2.75, 3.05) is 32.8 Å². The van der Waals surface area contributed by atoms with Crippen LogP contribution in [0.5, 0.6) is 5.75 Å². The van der Waals surface area contributed by atoms with Crippen molar-refractivity contribution in [1.82, 2.24) is 20.1 Å². The second-order valence-electron chi connectivity index (χ2n) is 13.5.